The molecule has 0 spiro atoms. The molecular formula is C13H11ClF3N3O4S. The summed E-state index contributed by atoms with van der Waals surface area (Å²) in [6, 6.07) is 2.45. The molecule has 1 N–H and O–H groups in total. The van der Waals surface area contributed by atoms with Crippen LogP contribution in [0.25, 0.3) is 0 Å². The Balaban J connectivity index is 2.63. The highest BCUT2D eigenvalue weighted by Crippen LogP contribution is 2.37. The van der Waals surface area contributed by atoms with Gasteiger partial charge in [-0.1, -0.05) is 11.6 Å². The highest BCUT2D eigenvalue weighted by atomic mass is 35.5. The summed E-state index contributed by atoms with van der Waals surface area (Å²) in [5.41, 5.74) is -4.07. The van der Waals surface area contributed by atoms with Crippen LogP contribution < -0.4 is 16.0 Å². The van der Waals surface area contributed by atoms with Gasteiger partial charge in [-0.25, -0.2) is 13.2 Å². The van der Waals surface area contributed by atoms with Crippen molar-refractivity contribution in [3.63, 3.8) is 0 Å². The zero-order valence-electron chi connectivity index (χ0n) is 12.8. The minimum atomic E-state index is -4.88. The fourth-order valence-electron chi connectivity index (χ4n) is 2.00. The van der Waals surface area contributed by atoms with Gasteiger partial charge in [-0.15, -0.1) is 0 Å². The maximum absolute atomic E-state index is 13.1. The number of aromatic nitrogens is 2. The molecule has 0 aliphatic carbocycles. The van der Waals surface area contributed by atoms with Crippen molar-refractivity contribution in [2.45, 2.75) is 11.1 Å². The van der Waals surface area contributed by atoms with Crippen LogP contribution in [0.1, 0.15) is 5.56 Å². The molecule has 7 nitrogen and oxygen atoms in total. The molecule has 0 saturated heterocycles. The van der Waals surface area contributed by atoms with Crippen LogP contribution in [0.4, 0.5) is 18.9 Å². The van der Waals surface area contributed by atoms with E-state index in [9.17, 15) is 31.2 Å². The molecule has 0 bridgehead atoms. The Kier molecular flexibility index (Phi) is 4.75. The third-order valence-electron chi connectivity index (χ3n) is 3.24. The predicted molar refractivity (Wildman–Crippen MR) is 84.2 cm³/mol. The van der Waals surface area contributed by atoms with E-state index in [1.54, 1.807) is 4.72 Å². The van der Waals surface area contributed by atoms with E-state index in [0.717, 1.165) is 29.9 Å². The lowest BCUT2D eigenvalue weighted by Crippen LogP contribution is -2.40. The summed E-state index contributed by atoms with van der Waals surface area (Å²) >= 11 is 5.53. The van der Waals surface area contributed by atoms with Crippen LogP contribution >= 0.6 is 11.6 Å². The SMILES string of the molecule is Cn1cc(S(=O)(=O)Nc2ccc(Cl)cc2C(F)(F)F)c(=O)n(C)c1=O. The van der Waals surface area contributed by atoms with Crippen molar-refractivity contribution in [3.05, 3.63) is 55.8 Å². The number of benzene rings is 1. The van der Waals surface area contributed by atoms with Gasteiger partial charge in [-0.2, -0.15) is 13.2 Å². The summed E-state index contributed by atoms with van der Waals surface area (Å²) in [6.07, 6.45) is -4.15. The quantitative estimate of drug-likeness (QED) is 0.851. The number of nitrogens with zero attached hydrogens (tertiary/aromatic N) is 2. The molecule has 0 aliphatic rings. The van der Waals surface area contributed by atoms with Crippen LogP contribution in [0.2, 0.25) is 5.02 Å². The van der Waals surface area contributed by atoms with Gasteiger partial charge in [0.05, 0.1) is 11.3 Å². The van der Waals surface area contributed by atoms with Crippen LogP contribution in [0.15, 0.2) is 38.9 Å². The predicted octanol–water partition coefficient (Wildman–Crippen LogP) is 1.56. The third kappa shape index (κ3) is 3.71. The minimum absolute atomic E-state index is 0.242. The van der Waals surface area contributed by atoms with E-state index in [1.807, 2.05) is 0 Å². The average Bonchev–Trinajstić information content (AvgIpc) is 2.49. The van der Waals surface area contributed by atoms with Gasteiger partial charge in [0.15, 0.2) is 4.90 Å². The average molecular weight is 398 g/mol. The summed E-state index contributed by atoms with van der Waals surface area (Å²) in [4.78, 5) is 22.7. The number of alkyl halides is 3. The number of hydrogen-bond acceptors (Lipinski definition) is 4. The second kappa shape index (κ2) is 6.23. The molecule has 0 unspecified atom stereocenters. The van der Waals surface area contributed by atoms with Gasteiger partial charge in [0.1, 0.15) is 0 Å². The Bertz CT molecular complexity index is 1060. The van der Waals surface area contributed by atoms with Crippen LogP contribution in [-0.2, 0) is 30.3 Å². The molecule has 136 valence electrons. The maximum atomic E-state index is 13.1. The van der Waals surface area contributed by atoms with E-state index in [4.69, 9.17) is 11.6 Å². The molecule has 25 heavy (non-hydrogen) atoms. The molecule has 12 heteroatoms. The van der Waals surface area contributed by atoms with Gasteiger partial charge in [0.25, 0.3) is 15.6 Å². The van der Waals surface area contributed by atoms with Crippen LogP contribution in [0.5, 0.6) is 0 Å². The van der Waals surface area contributed by atoms with Gasteiger partial charge in [0.2, 0.25) is 0 Å². The van der Waals surface area contributed by atoms with Gasteiger partial charge in [0, 0.05) is 25.3 Å². The Hall–Kier alpha value is -2.27. The Morgan fingerprint density at radius 3 is 2.32 bits per heavy atom. The van der Waals surface area contributed by atoms with E-state index < -0.39 is 43.6 Å². The molecule has 0 aliphatic heterocycles. The summed E-state index contributed by atoms with van der Waals surface area (Å²) in [7, 11) is -2.44. The zero-order valence-corrected chi connectivity index (χ0v) is 14.3. The molecule has 1 aromatic carbocycles. The van der Waals surface area contributed by atoms with E-state index >= 15 is 0 Å². The first-order valence-corrected chi connectivity index (χ1v) is 8.37. The van der Waals surface area contributed by atoms with Crippen molar-refractivity contribution in [1.29, 1.82) is 0 Å². The smallest absolute Gasteiger partial charge is 0.302 e. The maximum Gasteiger partial charge on any atom is 0.418 e. The van der Waals surface area contributed by atoms with E-state index in [2.05, 4.69) is 0 Å². The van der Waals surface area contributed by atoms with Crippen molar-refractivity contribution >= 4 is 27.3 Å². The molecule has 0 radical (unpaired) electrons. The first-order chi connectivity index (χ1) is 11.3. The van der Waals surface area contributed by atoms with Crippen molar-refractivity contribution in [2.24, 2.45) is 14.1 Å². The second-order valence-corrected chi connectivity index (χ2v) is 7.13. The molecule has 2 rings (SSSR count). The standard InChI is InChI=1S/C13H11ClF3N3O4S/c1-19-6-10(11(21)20(2)12(19)22)25(23,24)18-9-4-3-7(14)5-8(9)13(15,16)17/h3-6,18H,1-2H3. The largest absolute Gasteiger partial charge is 0.418 e. The van der Waals surface area contributed by atoms with Crippen molar-refractivity contribution < 1.29 is 21.6 Å². The van der Waals surface area contributed by atoms with Crippen LogP contribution in [0.3, 0.4) is 0 Å². The first-order valence-electron chi connectivity index (χ1n) is 6.51. The molecular weight excluding hydrogens is 387 g/mol. The number of sulfonamides is 1. The molecule has 0 saturated carbocycles. The van der Waals surface area contributed by atoms with E-state index in [-0.39, 0.29) is 5.02 Å². The highest BCUT2D eigenvalue weighted by molar-refractivity contribution is 7.92. The number of nitrogens with one attached hydrogen (secondary N) is 1. The summed E-state index contributed by atoms with van der Waals surface area (Å²) in [5, 5.41) is -0.242. The number of hydrogen-bond donors (Lipinski definition) is 1. The molecule has 1 aromatic heterocycles. The van der Waals surface area contributed by atoms with Gasteiger partial charge in [-0.3, -0.25) is 14.1 Å². The van der Waals surface area contributed by atoms with Gasteiger partial charge < -0.3 is 4.57 Å². The van der Waals surface area contributed by atoms with Crippen LogP contribution in [-0.4, -0.2) is 17.6 Å². The van der Waals surface area contributed by atoms with E-state index in [1.165, 1.54) is 7.05 Å². The summed E-state index contributed by atoms with van der Waals surface area (Å²) in [5.74, 6) is 0. The number of halogens is 4. The molecule has 0 fully saturated rings. The van der Waals surface area contributed by atoms with Gasteiger partial charge >= 0.3 is 11.9 Å². The Morgan fingerprint density at radius 2 is 1.76 bits per heavy atom. The Morgan fingerprint density at radius 1 is 1.16 bits per heavy atom. The lowest BCUT2D eigenvalue weighted by atomic mass is 10.2. The van der Waals surface area contributed by atoms with Crippen LogP contribution in [0, 0.1) is 0 Å². The van der Waals surface area contributed by atoms with Crippen molar-refractivity contribution in [1.82, 2.24) is 9.13 Å². The number of aryl methyl sites for hydroxylation is 1. The Labute approximate surface area is 144 Å². The van der Waals surface area contributed by atoms with Crippen molar-refractivity contribution in [2.75, 3.05) is 4.72 Å². The zero-order chi connectivity index (χ0) is 19.2. The van der Waals surface area contributed by atoms with Crippen molar-refractivity contribution in [3.8, 4) is 0 Å². The molecule has 1 heterocycles. The topological polar surface area (TPSA) is 90.2 Å². The lowest BCUT2D eigenvalue weighted by Gasteiger charge is -2.15. The number of rotatable bonds is 3. The summed E-state index contributed by atoms with van der Waals surface area (Å²) in [6.45, 7) is 0. The normalized spacial score (nSPS) is 12.2. The fourth-order valence-corrected chi connectivity index (χ4v) is 3.41. The van der Waals surface area contributed by atoms with Gasteiger partial charge in [-0.05, 0) is 18.2 Å². The molecule has 0 atom stereocenters. The summed E-state index contributed by atoms with van der Waals surface area (Å²) < 4.78 is 67.0. The number of anilines is 1. The first kappa shape index (κ1) is 19.1. The third-order valence-corrected chi connectivity index (χ3v) is 4.82. The molecule has 0 amide bonds. The monoisotopic (exact) mass is 397 g/mol. The lowest BCUT2D eigenvalue weighted by molar-refractivity contribution is -0.136. The minimum Gasteiger partial charge on any atom is -0.302 e. The molecule has 2 aromatic rings. The fraction of sp³-hybridized carbons (Fsp3) is 0.231. The highest BCUT2D eigenvalue weighted by Gasteiger charge is 2.35. The van der Waals surface area contributed by atoms with E-state index in [0.29, 0.717) is 10.6 Å². The second-order valence-electron chi connectivity index (χ2n) is 5.04.